The number of benzene rings is 3. The molecule has 0 saturated heterocycles. The maximum Gasteiger partial charge on any atom is 0.132 e. The smallest absolute Gasteiger partial charge is 0.132 e. The Morgan fingerprint density at radius 3 is 2.16 bits per heavy atom. The van der Waals surface area contributed by atoms with Crippen LogP contribution in [0.5, 0.6) is 0 Å². The summed E-state index contributed by atoms with van der Waals surface area (Å²) in [5, 5.41) is 5.18. The van der Waals surface area contributed by atoms with Crippen molar-refractivity contribution in [3.05, 3.63) is 53.0 Å². The second kappa shape index (κ2) is 4.32. The van der Waals surface area contributed by atoms with Gasteiger partial charge in [-0.05, 0) is 39.7 Å². The van der Waals surface area contributed by atoms with Crippen LogP contribution in [0.25, 0.3) is 21.5 Å². The molecule has 96 valence electrons. The van der Waals surface area contributed by atoms with E-state index in [1.165, 1.54) is 27.2 Å². The first-order valence-electron chi connectivity index (χ1n) is 6.40. The third kappa shape index (κ3) is 2.15. The summed E-state index contributed by atoms with van der Waals surface area (Å²) in [5.41, 5.74) is 1.32. The quantitative estimate of drug-likeness (QED) is 0.440. The van der Waals surface area contributed by atoms with Crippen molar-refractivity contribution >= 4 is 43.2 Å². The van der Waals surface area contributed by atoms with E-state index in [0.29, 0.717) is 0 Å². The highest BCUT2D eigenvalue weighted by Gasteiger charge is 2.13. The van der Waals surface area contributed by atoms with Gasteiger partial charge in [-0.2, -0.15) is 0 Å². The minimum Gasteiger partial charge on any atom is -0.298 e. The third-order valence-corrected chi connectivity index (χ3v) is 4.22. The number of hydrogen-bond donors (Lipinski definition) is 0. The Kier molecular flexibility index (Phi) is 2.88. The highest BCUT2D eigenvalue weighted by atomic mass is 79.9. The SMILES string of the molecule is C[N+](C)(C)c1ccc2cc(Br)c3ccccc3c2c1. The van der Waals surface area contributed by atoms with Crippen molar-refractivity contribution in [1.29, 1.82) is 0 Å². The van der Waals surface area contributed by atoms with Crippen molar-refractivity contribution in [1.82, 2.24) is 4.48 Å². The van der Waals surface area contributed by atoms with Crippen molar-refractivity contribution in [2.24, 2.45) is 0 Å². The van der Waals surface area contributed by atoms with E-state index in [1.807, 2.05) is 0 Å². The van der Waals surface area contributed by atoms with Crippen molar-refractivity contribution in [2.45, 2.75) is 0 Å². The van der Waals surface area contributed by atoms with E-state index in [4.69, 9.17) is 0 Å². The van der Waals surface area contributed by atoms with Crippen molar-refractivity contribution in [2.75, 3.05) is 21.1 Å². The number of fused-ring (bicyclic) bond motifs is 3. The van der Waals surface area contributed by atoms with E-state index in [9.17, 15) is 0 Å². The minimum absolute atomic E-state index is 0.834. The molecule has 0 atom stereocenters. The van der Waals surface area contributed by atoms with Gasteiger partial charge in [0.05, 0.1) is 21.1 Å². The summed E-state index contributed by atoms with van der Waals surface area (Å²) in [5.74, 6) is 0. The molecule has 0 bridgehead atoms. The summed E-state index contributed by atoms with van der Waals surface area (Å²) in [6.07, 6.45) is 0. The molecular weight excluding hydrogens is 298 g/mol. The molecule has 0 heterocycles. The van der Waals surface area contributed by atoms with Crippen LogP contribution in [0.3, 0.4) is 0 Å². The van der Waals surface area contributed by atoms with Crippen LogP contribution >= 0.6 is 15.9 Å². The Bertz CT molecular complexity index is 769. The summed E-state index contributed by atoms with van der Waals surface area (Å²) in [7, 11) is 6.59. The van der Waals surface area contributed by atoms with Gasteiger partial charge >= 0.3 is 0 Å². The second-order valence-corrected chi connectivity index (χ2v) is 6.68. The highest BCUT2D eigenvalue weighted by Crippen LogP contribution is 2.34. The molecule has 3 rings (SSSR count). The third-order valence-electron chi connectivity index (χ3n) is 3.57. The van der Waals surface area contributed by atoms with Gasteiger partial charge in [0.25, 0.3) is 0 Å². The molecule has 0 fully saturated rings. The average molecular weight is 315 g/mol. The predicted molar refractivity (Wildman–Crippen MR) is 88.7 cm³/mol. The summed E-state index contributed by atoms with van der Waals surface area (Å²) in [6, 6.07) is 17.5. The molecule has 1 nitrogen and oxygen atoms in total. The van der Waals surface area contributed by atoms with Crippen molar-refractivity contribution in [3.8, 4) is 0 Å². The Labute approximate surface area is 122 Å². The standard InChI is InChI=1S/C17H17BrN/c1-19(2,3)13-9-8-12-10-17(18)15-7-5-4-6-14(15)16(12)11-13/h4-11H,1-3H3/q+1. The van der Waals surface area contributed by atoms with E-state index in [0.717, 1.165) is 8.96 Å². The van der Waals surface area contributed by atoms with E-state index in [2.05, 4.69) is 85.6 Å². The number of rotatable bonds is 1. The fourth-order valence-electron chi connectivity index (χ4n) is 2.46. The Morgan fingerprint density at radius 1 is 0.789 bits per heavy atom. The second-order valence-electron chi connectivity index (χ2n) is 5.82. The van der Waals surface area contributed by atoms with Crippen LogP contribution in [-0.4, -0.2) is 21.1 Å². The van der Waals surface area contributed by atoms with Crippen LogP contribution in [0.15, 0.2) is 53.0 Å². The summed E-state index contributed by atoms with van der Waals surface area (Å²) < 4.78 is 1.99. The van der Waals surface area contributed by atoms with Crippen LogP contribution in [0.2, 0.25) is 0 Å². The van der Waals surface area contributed by atoms with Crippen molar-refractivity contribution < 1.29 is 0 Å². The minimum atomic E-state index is 0.834. The van der Waals surface area contributed by atoms with Crippen LogP contribution in [-0.2, 0) is 0 Å². The molecule has 0 unspecified atom stereocenters. The van der Waals surface area contributed by atoms with Crippen LogP contribution in [0.1, 0.15) is 0 Å². The maximum atomic E-state index is 3.67. The molecule has 0 aromatic heterocycles. The Balaban J connectivity index is 2.44. The topological polar surface area (TPSA) is 0 Å². The zero-order valence-corrected chi connectivity index (χ0v) is 13.0. The van der Waals surface area contributed by atoms with Gasteiger partial charge in [-0.25, -0.2) is 0 Å². The maximum absolute atomic E-state index is 3.67. The number of nitrogens with zero attached hydrogens (tertiary/aromatic N) is 1. The molecular formula is C17H17BrN+. The van der Waals surface area contributed by atoms with Crippen LogP contribution in [0.4, 0.5) is 5.69 Å². The van der Waals surface area contributed by atoms with Gasteiger partial charge in [0.2, 0.25) is 0 Å². The average Bonchev–Trinajstić information content (AvgIpc) is 2.37. The first-order valence-corrected chi connectivity index (χ1v) is 7.19. The summed E-state index contributed by atoms with van der Waals surface area (Å²) >= 11 is 3.67. The molecule has 0 saturated carbocycles. The van der Waals surface area contributed by atoms with E-state index >= 15 is 0 Å². The van der Waals surface area contributed by atoms with Gasteiger partial charge in [-0.3, -0.25) is 4.48 Å². The lowest BCUT2D eigenvalue weighted by Gasteiger charge is -2.24. The zero-order valence-electron chi connectivity index (χ0n) is 11.4. The molecule has 0 spiro atoms. The molecule has 0 aliphatic carbocycles. The lowest BCUT2D eigenvalue weighted by Crippen LogP contribution is -2.34. The van der Waals surface area contributed by atoms with Gasteiger partial charge < -0.3 is 0 Å². The lowest BCUT2D eigenvalue weighted by atomic mass is 10.0. The predicted octanol–water partition coefficient (Wildman–Crippen LogP) is 4.95. The van der Waals surface area contributed by atoms with Crippen LogP contribution < -0.4 is 4.48 Å². The number of hydrogen-bond acceptors (Lipinski definition) is 0. The summed E-state index contributed by atoms with van der Waals surface area (Å²) in [4.78, 5) is 0. The fraction of sp³-hybridized carbons (Fsp3) is 0.176. The number of halogens is 1. The summed E-state index contributed by atoms with van der Waals surface area (Å²) in [6.45, 7) is 0. The molecule has 0 N–H and O–H groups in total. The fourth-order valence-corrected chi connectivity index (χ4v) is 3.05. The monoisotopic (exact) mass is 314 g/mol. The molecule has 0 radical (unpaired) electrons. The Hall–Kier alpha value is -1.38. The van der Waals surface area contributed by atoms with Gasteiger partial charge in [-0.15, -0.1) is 0 Å². The molecule has 2 heteroatoms. The van der Waals surface area contributed by atoms with Gasteiger partial charge in [0.1, 0.15) is 5.69 Å². The zero-order chi connectivity index (χ0) is 13.6. The normalized spacial score (nSPS) is 12.2. The molecule has 0 amide bonds. The van der Waals surface area contributed by atoms with Crippen molar-refractivity contribution in [3.63, 3.8) is 0 Å². The molecule has 3 aromatic carbocycles. The van der Waals surface area contributed by atoms with E-state index in [1.54, 1.807) is 0 Å². The first-order chi connectivity index (χ1) is 8.97. The first kappa shape index (κ1) is 12.6. The number of quaternary nitrogens is 1. The molecule has 19 heavy (non-hydrogen) atoms. The molecule has 0 aliphatic rings. The van der Waals surface area contributed by atoms with Crippen LogP contribution in [0, 0.1) is 0 Å². The highest BCUT2D eigenvalue weighted by molar-refractivity contribution is 9.10. The lowest BCUT2D eigenvalue weighted by molar-refractivity contribution is 0.487. The largest absolute Gasteiger partial charge is 0.298 e. The molecule has 3 aromatic rings. The van der Waals surface area contributed by atoms with E-state index < -0.39 is 0 Å². The molecule has 0 aliphatic heterocycles. The van der Waals surface area contributed by atoms with E-state index in [-0.39, 0.29) is 0 Å². The van der Waals surface area contributed by atoms with Gasteiger partial charge in [0, 0.05) is 10.5 Å². The van der Waals surface area contributed by atoms with Gasteiger partial charge in [0.15, 0.2) is 0 Å². The Morgan fingerprint density at radius 2 is 1.47 bits per heavy atom. The van der Waals surface area contributed by atoms with Gasteiger partial charge in [-0.1, -0.05) is 40.2 Å².